The van der Waals surface area contributed by atoms with Gasteiger partial charge in [0.2, 0.25) is 5.91 Å². The highest BCUT2D eigenvalue weighted by atomic mass is 32.2. The number of ether oxygens (including phenoxy) is 1. The molecular formula is C24H26N2O2S. The molecule has 0 atom stereocenters. The molecule has 1 amide bonds. The van der Waals surface area contributed by atoms with Crippen molar-refractivity contribution in [2.75, 3.05) is 18.0 Å². The summed E-state index contributed by atoms with van der Waals surface area (Å²) < 4.78 is 7.22. The van der Waals surface area contributed by atoms with E-state index in [2.05, 4.69) is 49.5 Å². The van der Waals surface area contributed by atoms with E-state index in [0.717, 1.165) is 27.5 Å². The van der Waals surface area contributed by atoms with Crippen molar-refractivity contribution < 1.29 is 9.53 Å². The van der Waals surface area contributed by atoms with Crippen molar-refractivity contribution in [1.29, 1.82) is 0 Å². The van der Waals surface area contributed by atoms with Crippen LogP contribution in [0.1, 0.15) is 16.7 Å². The SMILES string of the molecule is COc1ccc(CNC(=O)CN(Sc2ccc(C)cc2)c2ccccc2C)cc1. The van der Waals surface area contributed by atoms with Crippen LogP contribution in [0, 0.1) is 13.8 Å². The molecule has 0 aliphatic heterocycles. The number of anilines is 1. The molecule has 3 rings (SSSR count). The average molecular weight is 407 g/mol. The molecule has 5 heteroatoms. The summed E-state index contributed by atoms with van der Waals surface area (Å²) >= 11 is 1.58. The molecular weight excluding hydrogens is 380 g/mol. The Morgan fingerprint density at radius 2 is 1.66 bits per heavy atom. The zero-order chi connectivity index (χ0) is 20.6. The van der Waals surface area contributed by atoms with Gasteiger partial charge in [-0.15, -0.1) is 0 Å². The van der Waals surface area contributed by atoms with Crippen LogP contribution in [-0.2, 0) is 11.3 Å². The first-order valence-electron chi connectivity index (χ1n) is 9.52. The molecule has 0 bridgehead atoms. The minimum atomic E-state index is -0.0244. The molecule has 0 saturated heterocycles. The number of hydrogen-bond donors (Lipinski definition) is 1. The molecule has 3 aromatic carbocycles. The third-order valence-electron chi connectivity index (χ3n) is 4.56. The van der Waals surface area contributed by atoms with Crippen LogP contribution in [0.15, 0.2) is 77.7 Å². The third-order valence-corrected chi connectivity index (χ3v) is 5.59. The van der Waals surface area contributed by atoms with Crippen LogP contribution in [0.2, 0.25) is 0 Å². The van der Waals surface area contributed by atoms with E-state index >= 15 is 0 Å². The highest BCUT2D eigenvalue weighted by molar-refractivity contribution is 8.00. The number of hydrogen-bond acceptors (Lipinski definition) is 4. The van der Waals surface area contributed by atoms with Crippen molar-refractivity contribution in [2.24, 2.45) is 0 Å². The number of rotatable bonds is 8. The van der Waals surface area contributed by atoms with Crippen molar-refractivity contribution >= 4 is 23.5 Å². The van der Waals surface area contributed by atoms with Gasteiger partial charge in [0.25, 0.3) is 0 Å². The van der Waals surface area contributed by atoms with Crippen LogP contribution < -0.4 is 14.4 Å². The summed E-state index contributed by atoms with van der Waals surface area (Å²) in [6, 6.07) is 24.2. The van der Waals surface area contributed by atoms with E-state index in [4.69, 9.17) is 4.74 Å². The molecule has 0 aliphatic carbocycles. The Labute approximate surface area is 177 Å². The van der Waals surface area contributed by atoms with Gasteiger partial charge in [-0.1, -0.05) is 48.0 Å². The van der Waals surface area contributed by atoms with Gasteiger partial charge in [0.05, 0.1) is 12.8 Å². The van der Waals surface area contributed by atoms with Crippen LogP contribution in [0.3, 0.4) is 0 Å². The fourth-order valence-electron chi connectivity index (χ4n) is 2.87. The molecule has 0 radical (unpaired) electrons. The van der Waals surface area contributed by atoms with Crippen LogP contribution in [0.4, 0.5) is 5.69 Å². The molecule has 0 aromatic heterocycles. The Morgan fingerprint density at radius 3 is 2.31 bits per heavy atom. The summed E-state index contributed by atoms with van der Waals surface area (Å²) in [6.45, 7) is 4.88. The first-order chi connectivity index (χ1) is 14.0. The smallest absolute Gasteiger partial charge is 0.240 e. The standard InChI is InChI=1S/C24H26N2O2S/c1-18-8-14-22(15-9-18)29-26(23-7-5-4-6-19(23)2)17-24(27)25-16-20-10-12-21(28-3)13-11-20/h4-15H,16-17H2,1-3H3,(H,25,27). The number of nitrogens with one attached hydrogen (secondary N) is 1. The lowest BCUT2D eigenvalue weighted by molar-refractivity contribution is -0.119. The number of carbonyl (C=O) groups excluding carboxylic acids is 1. The van der Waals surface area contributed by atoms with Gasteiger partial charge in [-0.2, -0.15) is 0 Å². The number of aryl methyl sites for hydroxylation is 2. The van der Waals surface area contributed by atoms with Gasteiger partial charge in [-0.25, -0.2) is 0 Å². The summed E-state index contributed by atoms with van der Waals surface area (Å²) in [7, 11) is 1.64. The molecule has 1 N–H and O–H groups in total. The summed E-state index contributed by atoms with van der Waals surface area (Å²) in [5, 5.41) is 3.02. The quantitative estimate of drug-likeness (QED) is 0.526. The zero-order valence-corrected chi connectivity index (χ0v) is 17.8. The van der Waals surface area contributed by atoms with Crippen molar-refractivity contribution in [1.82, 2.24) is 5.32 Å². The summed E-state index contributed by atoms with van der Waals surface area (Å²) in [5.41, 5.74) is 4.43. The predicted molar refractivity (Wildman–Crippen MR) is 120 cm³/mol. The van der Waals surface area contributed by atoms with Gasteiger partial charge in [0, 0.05) is 11.4 Å². The number of nitrogens with zero attached hydrogens (tertiary/aromatic N) is 1. The van der Waals surface area contributed by atoms with Gasteiger partial charge in [-0.3, -0.25) is 4.79 Å². The van der Waals surface area contributed by atoms with Crippen molar-refractivity contribution in [2.45, 2.75) is 25.3 Å². The van der Waals surface area contributed by atoms with Crippen molar-refractivity contribution in [3.63, 3.8) is 0 Å². The van der Waals surface area contributed by atoms with E-state index in [1.807, 2.05) is 46.8 Å². The van der Waals surface area contributed by atoms with E-state index in [9.17, 15) is 4.79 Å². The lowest BCUT2D eigenvalue weighted by atomic mass is 10.2. The van der Waals surface area contributed by atoms with Gasteiger partial charge in [0.15, 0.2) is 0 Å². The molecule has 0 fully saturated rings. The molecule has 150 valence electrons. The van der Waals surface area contributed by atoms with Crippen molar-refractivity contribution in [3.05, 3.63) is 89.5 Å². The molecule has 3 aromatic rings. The van der Waals surface area contributed by atoms with Gasteiger partial charge in [-0.05, 0) is 67.3 Å². The number of para-hydroxylation sites is 1. The van der Waals surface area contributed by atoms with E-state index in [0.29, 0.717) is 6.54 Å². The number of amides is 1. The Hall–Kier alpha value is -2.92. The van der Waals surface area contributed by atoms with Gasteiger partial charge in [0.1, 0.15) is 12.3 Å². The maximum Gasteiger partial charge on any atom is 0.240 e. The van der Waals surface area contributed by atoms with Crippen LogP contribution in [0.5, 0.6) is 5.75 Å². The Kier molecular flexibility index (Phi) is 7.19. The van der Waals surface area contributed by atoms with E-state index < -0.39 is 0 Å². The minimum absolute atomic E-state index is 0.0244. The maximum atomic E-state index is 12.7. The summed E-state index contributed by atoms with van der Waals surface area (Å²) in [6.07, 6.45) is 0. The molecule has 0 unspecified atom stereocenters. The second kappa shape index (κ2) is 10.0. The Morgan fingerprint density at radius 1 is 0.966 bits per heavy atom. The highest BCUT2D eigenvalue weighted by Crippen LogP contribution is 2.31. The lowest BCUT2D eigenvalue weighted by Gasteiger charge is -2.24. The topological polar surface area (TPSA) is 41.6 Å². The van der Waals surface area contributed by atoms with Crippen molar-refractivity contribution in [3.8, 4) is 5.75 Å². The molecule has 29 heavy (non-hydrogen) atoms. The third kappa shape index (κ3) is 6.03. The predicted octanol–water partition coefficient (Wildman–Crippen LogP) is 5.14. The van der Waals surface area contributed by atoms with Crippen LogP contribution >= 0.6 is 11.9 Å². The highest BCUT2D eigenvalue weighted by Gasteiger charge is 2.15. The second-order valence-corrected chi connectivity index (χ2v) is 7.95. The van der Waals surface area contributed by atoms with Crippen LogP contribution in [-0.4, -0.2) is 19.6 Å². The van der Waals surface area contributed by atoms with Gasteiger partial charge >= 0.3 is 0 Å². The van der Waals surface area contributed by atoms with E-state index in [1.54, 1.807) is 19.1 Å². The first kappa shape index (κ1) is 20.8. The first-order valence-corrected chi connectivity index (χ1v) is 10.3. The summed E-state index contributed by atoms with van der Waals surface area (Å²) in [5.74, 6) is 0.781. The average Bonchev–Trinajstić information content (AvgIpc) is 2.74. The van der Waals surface area contributed by atoms with E-state index in [1.165, 1.54) is 5.56 Å². The van der Waals surface area contributed by atoms with Crippen LogP contribution in [0.25, 0.3) is 0 Å². The molecule has 0 aliphatic rings. The monoisotopic (exact) mass is 406 g/mol. The lowest BCUT2D eigenvalue weighted by Crippen LogP contribution is -2.33. The second-order valence-electron chi connectivity index (χ2n) is 6.85. The maximum absolute atomic E-state index is 12.7. The molecule has 4 nitrogen and oxygen atoms in total. The fraction of sp³-hybridized carbons (Fsp3) is 0.208. The molecule has 0 heterocycles. The van der Waals surface area contributed by atoms with E-state index in [-0.39, 0.29) is 12.5 Å². The number of carbonyl (C=O) groups is 1. The molecule has 0 saturated carbocycles. The normalized spacial score (nSPS) is 10.4. The molecule has 0 spiro atoms. The fourth-order valence-corrected chi connectivity index (χ4v) is 3.86. The zero-order valence-electron chi connectivity index (χ0n) is 17.0. The largest absolute Gasteiger partial charge is 0.497 e. The Bertz CT molecular complexity index is 940. The number of methoxy groups -OCH3 is 1. The summed E-state index contributed by atoms with van der Waals surface area (Å²) in [4.78, 5) is 13.8. The van der Waals surface area contributed by atoms with Gasteiger partial charge < -0.3 is 14.4 Å². The minimum Gasteiger partial charge on any atom is -0.497 e. The number of benzene rings is 3. The Balaban J connectivity index is 1.69.